The van der Waals surface area contributed by atoms with Gasteiger partial charge in [-0.25, -0.2) is 0 Å². The fourth-order valence-corrected chi connectivity index (χ4v) is 2.68. The lowest BCUT2D eigenvalue weighted by molar-refractivity contribution is -0.121. The van der Waals surface area contributed by atoms with Gasteiger partial charge in [-0.05, 0) is 44.6 Å². The van der Waals surface area contributed by atoms with Crippen LogP contribution in [0.4, 0.5) is 5.69 Å². The van der Waals surface area contributed by atoms with Crippen molar-refractivity contribution in [2.75, 3.05) is 39.6 Å². The first kappa shape index (κ1) is 22.0. The molecular formula is C16H27Cl2N3O2. The van der Waals surface area contributed by atoms with Crippen molar-refractivity contribution in [1.82, 2.24) is 10.2 Å². The Bertz CT molecular complexity index is 475. The molecule has 5 nitrogen and oxygen atoms in total. The van der Waals surface area contributed by atoms with Crippen molar-refractivity contribution in [2.24, 2.45) is 0 Å². The van der Waals surface area contributed by atoms with Gasteiger partial charge < -0.3 is 20.7 Å². The number of likely N-dealkylation sites (N-methyl/N-ethyl adjacent to an activating group) is 1. The number of rotatable bonds is 5. The first-order chi connectivity index (χ1) is 10.0. The fraction of sp³-hybridized carbons (Fsp3) is 0.562. The minimum atomic E-state index is 0. The molecule has 0 bridgehead atoms. The molecule has 2 rings (SSSR count). The zero-order valence-electron chi connectivity index (χ0n) is 13.7. The number of hydrogen-bond donors (Lipinski definition) is 2. The van der Waals surface area contributed by atoms with Crippen LogP contribution in [0.3, 0.4) is 0 Å². The van der Waals surface area contributed by atoms with E-state index in [1.54, 1.807) is 0 Å². The molecule has 0 aliphatic carbocycles. The summed E-state index contributed by atoms with van der Waals surface area (Å²) >= 11 is 0. The number of carbonyl (C=O) groups excluding carboxylic acids is 1. The van der Waals surface area contributed by atoms with Gasteiger partial charge in [0.1, 0.15) is 0 Å². The number of carbonyl (C=O) groups is 1. The van der Waals surface area contributed by atoms with Crippen LogP contribution < -0.4 is 11.1 Å². The summed E-state index contributed by atoms with van der Waals surface area (Å²) in [4.78, 5) is 14.3. The highest BCUT2D eigenvalue weighted by molar-refractivity contribution is 5.85. The molecular weight excluding hydrogens is 337 g/mol. The van der Waals surface area contributed by atoms with E-state index < -0.39 is 0 Å². The second kappa shape index (κ2) is 9.98. The van der Waals surface area contributed by atoms with Crippen LogP contribution in [0.25, 0.3) is 0 Å². The minimum absolute atomic E-state index is 0. The maximum Gasteiger partial charge on any atom is 0.224 e. The molecule has 1 aliphatic rings. The van der Waals surface area contributed by atoms with E-state index in [-0.39, 0.29) is 36.3 Å². The normalized spacial score (nSPS) is 16.1. The molecule has 0 unspecified atom stereocenters. The third-order valence-corrected chi connectivity index (χ3v) is 4.33. The molecule has 0 atom stereocenters. The van der Waals surface area contributed by atoms with E-state index in [0.717, 1.165) is 31.6 Å². The summed E-state index contributed by atoms with van der Waals surface area (Å²) in [7, 11) is 4.13. The van der Waals surface area contributed by atoms with Crippen molar-refractivity contribution in [1.29, 1.82) is 0 Å². The highest BCUT2D eigenvalue weighted by Crippen LogP contribution is 2.25. The van der Waals surface area contributed by atoms with Gasteiger partial charge in [0.25, 0.3) is 0 Å². The largest absolute Gasteiger partial charge is 0.399 e. The van der Waals surface area contributed by atoms with Crippen LogP contribution >= 0.6 is 24.8 Å². The number of nitrogens with two attached hydrogens (primary N) is 1. The Labute approximate surface area is 150 Å². The van der Waals surface area contributed by atoms with Crippen molar-refractivity contribution in [3.05, 3.63) is 29.8 Å². The van der Waals surface area contributed by atoms with Gasteiger partial charge in [0, 0.05) is 31.0 Å². The number of amides is 1. The standard InChI is InChI=1S/C16H25N3O2.2ClH/c1-19(2)16(7-9-21-10-8-16)12-18-15(20)11-13-3-5-14(17)6-4-13;;/h3-6H,7-12,17H2,1-2H3,(H,18,20);2*1H. The molecule has 1 aromatic carbocycles. The van der Waals surface area contributed by atoms with Crippen LogP contribution in [0.5, 0.6) is 0 Å². The van der Waals surface area contributed by atoms with Crippen molar-refractivity contribution < 1.29 is 9.53 Å². The van der Waals surface area contributed by atoms with E-state index in [1.807, 2.05) is 24.3 Å². The van der Waals surface area contributed by atoms with Crippen LogP contribution in [0.1, 0.15) is 18.4 Å². The fourth-order valence-electron chi connectivity index (χ4n) is 2.68. The Morgan fingerprint density at radius 3 is 2.30 bits per heavy atom. The van der Waals surface area contributed by atoms with Crippen molar-refractivity contribution in [2.45, 2.75) is 24.8 Å². The number of anilines is 1. The Hall–Kier alpha value is -1.01. The van der Waals surface area contributed by atoms with Crippen LogP contribution in [-0.2, 0) is 16.0 Å². The summed E-state index contributed by atoms with van der Waals surface area (Å²) < 4.78 is 5.44. The molecule has 0 radical (unpaired) electrons. The maximum atomic E-state index is 12.1. The number of nitrogens with zero attached hydrogens (tertiary/aromatic N) is 1. The Balaban J connectivity index is 0.00000242. The minimum Gasteiger partial charge on any atom is -0.399 e. The monoisotopic (exact) mass is 363 g/mol. The Kier molecular flexibility index (Phi) is 9.54. The van der Waals surface area contributed by atoms with Crippen molar-refractivity contribution in [3.63, 3.8) is 0 Å². The van der Waals surface area contributed by atoms with E-state index in [2.05, 4.69) is 24.3 Å². The predicted octanol–water partition coefficient (Wildman–Crippen LogP) is 1.88. The molecule has 1 fully saturated rings. The number of benzene rings is 1. The van der Waals surface area contributed by atoms with E-state index in [1.165, 1.54) is 0 Å². The summed E-state index contributed by atoms with van der Waals surface area (Å²) in [6.45, 7) is 2.18. The zero-order chi connectivity index (χ0) is 15.3. The quantitative estimate of drug-likeness (QED) is 0.783. The second-order valence-electron chi connectivity index (χ2n) is 5.93. The maximum absolute atomic E-state index is 12.1. The van der Waals surface area contributed by atoms with Crippen molar-refractivity contribution >= 4 is 36.4 Å². The predicted molar refractivity (Wildman–Crippen MR) is 98.5 cm³/mol. The van der Waals surface area contributed by atoms with Crippen LogP contribution in [-0.4, -0.2) is 50.2 Å². The van der Waals surface area contributed by atoms with Gasteiger partial charge in [0.05, 0.1) is 6.42 Å². The Morgan fingerprint density at radius 2 is 1.78 bits per heavy atom. The molecule has 0 saturated carbocycles. The van der Waals surface area contributed by atoms with Crippen LogP contribution in [0.15, 0.2) is 24.3 Å². The highest BCUT2D eigenvalue weighted by atomic mass is 35.5. The summed E-state index contributed by atoms with van der Waals surface area (Å²) in [6, 6.07) is 7.43. The number of halogens is 2. The molecule has 1 aliphatic heterocycles. The molecule has 1 aromatic rings. The lowest BCUT2D eigenvalue weighted by atomic mass is 9.88. The summed E-state index contributed by atoms with van der Waals surface area (Å²) in [5.74, 6) is 0.0486. The lowest BCUT2D eigenvalue weighted by Gasteiger charge is -2.42. The van der Waals surface area contributed by atoms with E-state index in [0.29, 0.717) is 18.7 Å². The number of ether oxygens (including phenoxy) is 1. The molecule has 1 saturated heterocycles. The Morgan fingerprint density at radius 1 is 1.22 bits per heavy atom. The zero-order valence-corrected chi connectivity index (χ0v) is 15.3. The second-order valence-corrected chi connectivity index (χ2v) is 5.93. The summed E-state index contributed by atoms with van der Waals surface area (Å²) in [6.07, 6.45) is 2.28. The van der Waals surface area contributed by atoms with E-state index in [9.17, 15) is 4.79 Å². The summed E-state index contributed by atoms with van der Waals surface area (Å²) in [5.41, 5.74) is 7.35. The summed E-state index contributed by atoms with van der Waals surface area (Å²) in [5, 5.41) is 3.07. The molecule has 3 N–H and O–H groups in total. The van der Waals surface area contributed by atoms with Crippen LogP contribution in [0, 0.1) is 0 Å². The molecule has 1 heterocycles. The number of nitrogens with one attached hydrogen (secondary N) is 1. The molecule has 23 heavy (non-hydrogen) atoms. The number of hydrogen-bond acceptors (Lipinski definition) is 4. The number of nitrogen functional groups attached to an aromatic ring is 1. The van der Waals surface area contributed by atoms with Crippen LogP contribution in [0.2, 0.25) is 0 Å². The first-order valence-corrected chi connectivity index (χ1v) is 7.38. The first-order valence-electron chi connectivity index (χ1n) is 7.38. The topological polar surface area (TPSA) is 67.6 Å². The van der Waals surface area contributed by atoms with E-state index in [4.69, 9.17) is 10.5 Å². The van der Waals surface area contributed by atoms with E-state index >= 15 is 0 Å². The average molecular weight is 364 g/mol. The third kappa shape index (κ3) is 6.18. The molecule has 0 spiro atoms. The highest BCUT2D eigenvalue weighted by Gasteiger charge is 2.34. The van der Waals surface area contributed by atoms with Crippen molar-refractivity contribution in [3.8, 4) is 0 Å². The van der Waals surface area contributed by atoms with Gasteiger partial charge in [-0.3, -0.25) is 4.79 Å². The molecule has 132 valence electrons. The average Bonchev–Trinajstić information content (AvgIpc) is 2.48. The lowest BCUT2D eigenvalue weighted by Crippen LogP contribution is -2.55. The van der Waals surface area contributed by atoms with Gasteiger partial charge in [0.15, 0.2) is 0 Å². The molecule has 0 aromatic heterocycles. The third-order valence-electron chi connectivity index (χ3n) is 4.33. The van der Waals surface area contributed by atoms with Gasteiger partial charge in [-0.2, -0.15) is 0 Å². The van der Waals surface area contributed by atoms with Gasteiger partial charge in [-0.1, -0.05) is 12.1 Å². The van der Waals surface area contributed by atoms with Gasteiger partial charge >= 0.3 is 0 Å². The SMILES string of the molecule is CN(C)C1(CNC(=O)Cc2ccc(N)cc2)CCOCC1.Cl.Cl. The van der Waals surface area contributed by atoms with Gasteiger partial charge in [-0.15, -0.1) is 24.8 Å². The smallest absolute Gasteiger partial charge is 0.224 e. The molecule has 7 heteroatoms. The van der Waals surface area contributed by atoms with Gasteiger partial charge in [0.2, 0.25) is 5.91 Å². The molecule has 1 amide bonds.